The van der Waals surface area contributed by atoms with E-state index in [1.54, 1.807) is 23.5 Å². The van der Waals surface area contributed by atoms with E-state index in [1.807, 2.05) is 0 Å². The van der Waals surface area contributed by atoms with Crippen LogP contribution >= 0.6 is 0 Å². The standard InChI is InChI=1S/C14H12F3N3O3/c15-14(16,17)9-20-12(21)8-22-10-3-1-4-11(7-10)23-13-18-5-2-6-19-13/h1-7H,8-9H2,(H,20,21). The number of carbonyl (C=O) groups excluding carboxylic acids is 1. The molecular formula is C14H12F3N3O3. The molecule has 0 bridgehead atoms. The highest BCUT2D eigenvalue weighted by Crippen LogP contribution is 2.22. The molecule has 0 atom stereocenters. The summed E-state index contributed by atoms with van der Waals surface area (Å²) in [6, 6.07) is 7.98. The quantitative estimate of drug-likeness (QED) is 0.881. The van der Waals surface area contributed by atoms with Gasteiger partial charge in [0.25, 0.3) is 5.91 Å². The first-order chi connectivity index (χ1) is 10.9. The fourth-order valence-electron chi connectivity index (χ4n) is 1.47. The van der Waals surface area contributed by atoms with Crippen molar-refractivity contribution in [3.8, 4) is 17.5 Å². The Bertz CT molecular complexity index is 650. The lowest BCUT2D eigenvalue weighted by Gasteiger charge is -2.10. The second-order valence-corrected chi connectivity index (χ2v) is 4.29. The number of halogens is 3. The number of aromatic nitrogens is 2. The molecule has 0 fully saturated rings. The molecule has 1 amide bonds. The molecule has 0 saturated heterocycles. The van der Waals surface area contributed by atoms with Crippen molar-refractivity contribution in [3.63, 3.8) is 0 Å². The summed E-state index contributed by atoms with van der Waals surface area (Å²) >= 11 is 0. The summed E-state index contributed by atoms with van der Waals surface area (Å²) in [5.41, 5.74) is 0. The molecule has 0 radical (unpaired) electrons. The fraction of sp³-hybridized carbons (Fsp3) is 0.214. The molecule has 0 unspecified atom stereocenters. The van der Waals surface area contributed by atoms with Gasteiger partial charge in [0.1, 0.15) is 18.0 Å². The largest absolute Gasteiger partial charge is 0.484 e. The van der Waals surface area contributed by atoms with E-state index in [1.165, 1.54) is 24.5 Å². The number of hydrogen-bond donors (Lipinski definition) is 1. The molecule has 0 aliphatic heterocycles. The topological polar surface area (TPSA) is 73.3 Å². The number of amides is 1. The Labute approximate surface area is 129 Å². The van der Waals surface area contributed by atoms with E-state index in [0.29, 0.717) is 5.75 Å². The number of ether oxygens (including phenoxy) is 2. The maximum Gasteiger partial charge on any atom is 0.405 e. The van der Waals surface area contributed by atoms with Crippen LogP contribution in [0, 0.1) is 0 Å². The van der Waals surface area contributed by atoms with Crippen LogP contribution < -0.4 is 14.8 Å². The van der Waals surface area contributed by atoms with Crippen LogP contribution in [0.4, 0.5) is 13.2 Å². The first-order valence-corrected chi connectivity index (χ1v) is 6.43. The summed E-state index contributed by atoms with van der Waals surface area (Å²) in [6.45, 7) is -1.94. The highest BCUT2D eigenvalue weighted by Gasteiger charge is 2.27. The number of rotatable bonds is 6. The Morgan fingerprint density at radius 1 is 1.13 bits per heavy atom. The Morgan fingerprint density at radius 2 is 1.83 bits per heavy atom. The summed E-state index contributed by atoms with van der Waals surface area (Å²) in [4.78, 5) is 19.0. The molecule has 2 aromatic rings. The molecule has 6 nitrogen and oxygen atoms in total. The van der Waals surface area contributed by atoms with Crippen molar-refractivity contribution >= 4 is 5.91 Å². The maximum absolute atomic E-state index is 12.0. The second kappa shape index (κ2) is 7.43. The molecule has 1 aromatic carbocycles. The molecule has 1 N–H and O–H groups in total. The Morgan fingerprint density at radius 3 is 2.52 bits per heavy atom. The van der Waals surface area contributed by atoms with Gasteiger partial charge in [-0.05, 0) is 18.2 Å². The van der Waals surface area contributed by atoms with Gasteiger partial charge < -0.3 is 14.8 Å². The van der Waals surface area contributed by atoms with Crippen LogP contribution in [-0.4, -0.2) is 35.2 Å². The van der Waals surface area contributed by atoms with Gasteiger partial charge in [-0.25, -0.2) is 9.97 Å². The molecule has 1 heterocycles. The van der Waals surface area contributed by atoms with E-state index >= 15 is 0 Å². The fourth-order valence-corrected chi connectivity index (χ4v) is 1.47. The van der Waals surface area contributed by atoms with Gasteiger partial charge in [0, 0.05) is 18.5 Å². The van der Waals surface area contributed by atoms with Crippen molar-refractivity contribution in [3.05, 3.63) is 42.7 Å². The number of carbonyl (C=O) groups is 1. The molecule has 1 aromatic heterocycles. The number of hydrogen-bond acceptors (Lipinski definition) is 5. The number of alkyl halides is 3. The molecule has 9 heteroatoms. The van der Waals surface area contributed by atoms with Gasteiger partial charge in [0.15, 0.2) is 6.61 Å². The zero-order valence-electron chi connectivity index (χ0n) is 11.7. The third-order valence-corrected chi connectivity index (χ3v) is 2.41. The lowest BCUT2D eigenvalue weighted by Crippen LogP contribution is -2.36. The van der Waals surface area contributed by atoms with E-state index in [9.17, 15) is 18.0 Å². The molecule has 0 aliphatic carbocycles. The van der Waals surface area contributed by atoms with Gasteiger partial charge in [-0.15, -0.1) is 0 Å². The normalized spacial score (nSPS) is 10.9. The minimum Gasteiger partial charge on any atom is -0.484 e. The monoisotopic (exact) mass is 327 g/mol. The number of nitrogens with one attached hydrogen (secondary N) is 1. The Kier molecular flexibility index (Phi) is 5.34. The first kappa shape index (κ1) is 16.5. The summed E-state index contributed by atoms with van der Waals surface area (Å²) in [5, 5.41) is 1.71. The van der Waals surface area contributed by atoms with E-state index < -0.39 is 25.2 Å². The van der Waals surface area contributed by atoms with E-state index in [4.69, 9.17) is 9.47 Å². The van der Waals surface area contributed by atoms with Crippen LogP contribution in [0.3, 0.4) is 0 Å². The van der Waals surface area contributed by atoms with Gasteiger partial charge in [-0.1, -0.05) is 6.07 Å². The highest BCUT2D eigenvalue weighted by atomic mass is 19.4. The Hall–Kier alpha value is -2.84. The van der Waals surface area contributed by atoms with E-state index in [2.05, 4.69) is 9.97 Å². The van der Waals surface area contributed by atoms with Crippen LogP contribution in [0.1, 0.15) is 0 Å². The van der Waals surface area contributed by atoms with Crippen LogP contribution in [0.25, 0.3) is 0 Å². The smallest absolute Gasteiger partial charge is 0.405 e. The zero-order valence-corrected chi connectivity index (χ0v) is 11.7. The van der Waals surface area contributed by atoms with Crippen LogP contribution in [0.15, 0.2) is 42.7 Å². The molecule has 23 heavy (non-hydrogen) atoms. The van der Waals surface area contributed by atoms with E-state index in [0.717, 1.165) is 0 Å². The Balaban J connectivity index is 1.86. The van der Waals surface area contributed by atoms with Gasteiger partial charge in [0.2, 0.25) is 0 Å². The SMILES string of the molecule is O=C(COc1cccc(Oc2ncccn2)c1)NCC(F)(F)F. The summed E-state index contributed by atoms with van der Waals surface area (Å²) < 4.78 is 46.3. The molecule has 0 saturated carbocycles. The molecule has 2 rings (SSSR count). The van der Waals surface area contributed by atoms with Gasteiger partial charge >= 0.3 is 12.2 Å². The van der Waals surface area contributed by atoms with Crippen molar-refractivity contribution in [2.75, 3.05) is 13.2 Å². The third kappa shape index (κ3) is 6.20. The summed E-state index contributed by atoms with van der Waals surface area (Å²) in [6.07, 6.45) is -1.44. The molecular weight excluding hydrogens is 315 g/mol. The lowest BCUT2D eigenvalue weighted by atomic mass is 10.3. The van der Waals surface area contributed by atoms with Crippen molar-refractivity contribution in [1.29, 1.82) is 0 Å². The predicted molar refractivity (Wildman–Crippen MR) is 73.1 cm³/mol. The minimum absolute atomic E-state index is 0.132. The van der Waals surface area contributed by atoms with Gasteiger partial charge in [0.05, 0.1) is 0 Å². The summed E-state index contributed by atoms with van der Waals surface area (Å²) in [5.74, 6) is -0.245. The van der Waals surface area contributed by atoms with Gasteiger partial charge in [-0.2, -0.15) is 13.2 Å². The first-order valence-electron chi connectivity index (χ1n) is 6.43. The van der Waals surface area contributed by atoms with Crippen LogP contribution in [0.5, 0.6) is 17.5 Å². The second-order valence-electron chi connectivity index (χ2n) is 4.29. The average molecular weight is 327 g/mol. The van der Waals surface area contributed by atoms with E-state index in [-0.39, 0.29) is 11.8 Å². The average Bonchev–Trinajstić information content (AvgIpc) is 2.52. The molecule has 0 spiro atoms. The van der Waals surface area contributed by atoms with Crippen molar-refractivity contribution in [2.24, 2.45) is 0 Å². The zero-order chi connectivity index (χ0) is 16.7. The van der Waals surface area contributed by atoms with Crippen molar-refractivity contribution in [1.82, 2.24) is 15.3 Å². The van der Waals surface area contributed by atoms with Crippen molar-refractivity contribution in [2.45, 2.75) is 6.18 Å². The third-order valence-electron chi connectivity index (χ3n) is 2.41. The van der Waals surface area contributed by atoms with Gasteiger partial charge in [-0.3, -0.25) is 4.79 Å². The maximum atomic E-state index is 12.0. The summed E-state index contributed by atoms with van der Waals surface area (Å²) in [7, 11) is 0. The molecule has 0 aliphatic rings. The highest BCUT2D eigenvalue weighted by molar-refractivity contribution is 5.77. The van der Waals surface area contributed by atoms with Crippen molar-refractivity contribution < 1.29 is 27.4 Å². The van der Waals surface area contributed by atoms with Crippen LogP contribution in [0.2, 0.25) is 0 Å². The predicted octanol–water partition coefficient (Wildman–Crippen LogP) is 2.33. The lowest BCUT2D eigenvalue weighted by molar-refractivity contribution is -0.139. The number of nitrogens with zero attached hydrogens (tertiary/aromatic N) is 2. The van der Waals surface area contributed by atoms with Crippen LogP contribution in [-0.2, 0) is 4.79 Å². The number of benzene rings is 1. The minimum atomic E-state index is -4.46. The molecule has 122 valence electrons.